The number of amides is 1. The average Bonchev–Trinajstić information content (AvgIpc) is 2.34. The zero-order chi connectivity index (χ0) is 13.2. The van der Waals surface area contributed by atoms with Gasteiger partial charge in [-0.05, 0) is 0 Å². The summed E-state index contributed by atoms with van der Waals surface area (Å²) in [6.07, 6.45) is -6.17. The van der Waals surface area contributed by atoms with Gasteiger partial charge in [0.2, 0.25) is 5.91 Å². The van der Waals surface area contributed by atoms with Crippen molar-refractivity contribution in [2.45, 2.75) is 37.4 Å². The van der Waals surface area contributed by atoms with Crippen LogP contribution in [0.15, 0.2) is 0 Å². The smallest absolute Gasteiger partial charge is 0.225 e. The minimum atomic E-state index is -1.45. The van der Waals surface area contributed by atoms with Gasteiger partial charge in [-0.25, -0.2) is 0 Å². The van der Waals surface area contributed by atoms with E-state index in [1.165, 1.54) is 14.0 Å². The van der Waals surface area contributed by atoms with Crippen LogP contribution in [0.3, 0.4) is 0 Å². The molecule has 0 bridgehead atoms. The second kappa shape index (κ2) is 5.74. The number of nitrogens with one attached hydrogen (secondary N) is 1. The molecule has 1 fully saturated rings. The van der Waals surface area contributed by atoms with Crippen molar-refractivity contribution in [2.75, 3.05) is 13.7 Å². The quantitative estimate of drug-likeness (QED) is 0.369. The van der Waals surface area contributed by atoms with Crippen LogP contribution in [-0.2, 0) is 9.53 Å². The molecule has 1 rings (SSSR count). The fraction of sp³-hybridized carbons (Fsp3) is 0.900. The Morgan fingerprint density at radius 1 is 1.29 bits per heavy atom. The highest BCUT2D eigenvalue weighted by Crippen LogP contribution is 2.25. The van der Waals surface area contributed by atoms with Gasteiger partial charge in [0.1, 0.15) is 24.4 Å². The molecule has 0 radical (unpaired) electrons. The van der Waals surface area contributed by atoms with Crippen LogP contribution in [0.5, 0.6) is 0 Å². The third-order valence-corrected chi connectivity index (χ3v) is 3.08. The van der Waals surface area contributed by atoms with E-state index in [0.29, 0.717) is 0 Å². The zero-order valence-corrected chi connectivity index (χ0v) is 9.78. The molecule has 100 valence electrons. The van der Waals surface area contributed by atoms with E-state index in [9.17, 15) is 20.1 Å². The first kappa shape index (κ1) is 14.3. The molecule has 1 heterocycles. The summed E-state index contributed by atoms with van der Waals surface area (Å²) in [6.45, 7) is 1.04. The third-order valence-electron chi connectivity index (χ3n) is 3.08. The number of carbonyl (C=O) groups excluding carboxylic acids is 1. The van der Waals surface area contributed by atoms with Gasteiger partial charge in [0.25, 0.3) is 0 Å². The second-order valence-electron chi connectivity index (χ2n) is 4.20. The van der Waals surface area contributed by atoms with Gasteiger partial charge < -0.3 is 30.5 Å². The molecule has 6 atom stereocenters. The Morgan fingerprint density at radius 2 is 1.88 bits per heavy atom. The molecule has 0 aliphatic carbocycles. The molecule has 0 spiro atoms. The topological polar surface area (TPSA) is 119 Å². The lowest BCUT2D eigenvalue weighted by molar-refractivity contribution is -0.238. The first-order valence-electron chi connectivity index (χ1n) is 5.46. The van der Waals surface area contributed by atoms with Crippen molar-refractivity contribution in [1.29, 1.82) is 0 Å². The summed E-state index contributed by atoms with van der Waals surface area (Å²) in [5, 5.41) is 40.2. The Hall–Kier alpha value is -0.730. The van der Waals surface area contributed by atoms with Crippen LogP contribution in [0.25, 0.3) is 0 Å². The second-order valence-corrected chi connectivity index (χ2v) is 4.20. The minimum absolute atomic E-state index is 0.352. The van der Waals surface area contributed by atoms with Crippen molar-refractivity contribution < 1.29 is 30.0 Å². The summed E-state index contributed by atoms with van der Waals surface area (Å²) in [4.78, 5) is 11.4. The molecule has 0 saturated carbocycles. The Kier molecular flexibility index (Phi) is 4.84. The average molecular weight is 249 g/mol. The summed E-state index contributed by atoms with van der Waals surface area (Å²) < 4.78 is 5.24. The number of ether oxygens (including phenoxy) is 1. The SMILES string of the molecule is CNC(=O)C(C)C1O[C@H](CO)[C@H](O)[C@H](O)[C@H]1O. The van der Waals surface area contributed by atoms with Gasteiger partial charge in [-0.1, -0.05) is 6.92 Å². The summed E-state index contributed by atoms with van der Waals surface area (Å²) in [6, 6.07) is 0. The van der Waals surface area contributed by atoms with E-state index in [1.54, 1.807) is 0 Å². The van der Waals surface area contributed by atoms with Crippen LogP contribution < -0.4 is 5.32 Å². The molecule has 7 nitrogen and oxygen atoms in total. The first-order valence-corrected chi connectivity index (χ1v) is 5.46. The van der Waals surface area contributed by atoms with Crippen molar-refractivity contribution in [3.05, 3.63) is 0 Å². The number of aliphatic hydroxyl groups excluding tert-OH is 4. The highest BCUT2D eigenvalue weighted by Gasteiger charge is 2.46. The number of hydrogen-bond acceptors (Lipinski definition) is 6. The molecule has 0 aromatic rings. The van der Waals surface area contributed by atoms with E-state index in [2.05, 4.69) is 5.32 Å². The highest BCUT2D eigenvalue weighted by atomic mass is 16.5. The van der Waals surface area contributed by atoms with Gasteiger partial charge in [-0.2, -0.15) is 0 Å². The zero-order valence-electron chi connectivity index (χ0n) is 9.78. The Balaban J connectivity index is 2.81. The number of rotatable bonds is 3. The standard InChI is InChI=1S/C10H19NO6/c1-4(10(16)11-2)9-8(15)7(14)6(13)5(3-12)17-9/h4-9,12-15H,3H2,1-2H3,(H,11,16)/t4?,5-,6+,7+,8-,9?/m1/s1. The maximum absolute atomic E-state index is 11.4. The molecule has 1 aliphatic heterocycles. The van der Waals surface area contributed by atoms with Crippen LogP contribution in [0.1, 0.15) is 6.92 Å². The highest BCUT2D eigenvalue weighted by molar-refractivity contribution is 5.78. The molecule has 7 heteroatoms. The number of hydrogen-bond donors (Lipinski definition) is 5. The Bertz CT molecular complexity index is 272. The van der Waals surface area contributed by atoms with Crippen molar-refractivity contribution in [1.82, 2.24) is 5.32 Å². The molecule has 0 aromatic carbocycles. The van der Waals surface area contributed by atoms with Gasteiger partial charge in [0.05, 0.1) is 18.6 Å². The summed E-state index contributed by atoms with van der Waals surface area (Å²) in [7, 11) is 1.45. The lowest BCUT2D eigenvalue weighted by atomic mass is 9.88. The molecule has 1 amide bonds. The van der Waals surface area contributed by atoms with Gasteiger partial charge >= 0.3 is 0 Å². The molecular weight excluding hydrogens is 230 g/mol. The van der Waals surface area contributed by atoms with E-state index in [1.807, 2.05) is 0 Å². The molecule has 1 saturated heterocycles. The fourth-order valence-corrected chi connectivity index (χ4v) is 1.92. The maximum atomic E-state index is 11.4. The summed E-state index contributed by atoms with van der Waals surface area (Å²) in [5.74, 6) is -1.06. The van der Waals surface area contributed by atoms with E-state index in [-0.39, 0.29) is 5.91 Å². The van der Waals surface area contributed by atoms with E-state index >= 15 is 0 Å². The van der Waals surface area contributed by atoms with Crippen LogP contribution in [0, 0.1) is 5.92 Å². The van der Waals surface area contributed by atoms with E-state index in [0.717, 1.165) is 0 Å². The molecule has 1 aliphatic rings. The van der Waals surface area contributed by atoms with Gasteiger partial charge in [0, 0.05) is 7.05 Å². The van der Waals surface area contributed by atoms with Gasteiger partial charge in [0.15, 0.2) is 0 Å². The molecule has 17 heavy (non-hydrogen) atoms. The summed E-state index contributed by atoms with van der Waals surface area (Å²) >= 11 is 0. The Labute approximate surface area is 99.0 Å². The monoisotopic (exact) mass is 249 g/mol. The van der Waals surface area contributed by atoms with E-state index < -0.39 is 43.0 Å². The van der Waals surface area contributed by atoms with Crippen LogP contribution in [0.2, 0.25) is 0 Å². The lowest BCUT2D eigenvalue weighted by Crippen LogP contribution is -2.61. The van der Waals surface area contributed by atoms with Crippen molar-refractivity contribution in [3.63, 3.8) is 0 Å². The van der Waals surface area contributed by atoms with Crippen molar-refractivity contribution in [3.8, 4) is 0 Å². The van der Waals surface area contributed by atoms with Crippen molar-refractivity contribution in [2.24, 2.45) is 5.92 Å². The largest absolute Gasteiger partial charge is 0.394 e. The lowest BCUT2D eigenvalue weighted by Gasteiger charge is -2.41. The molecular formula is C10H19NO6. The predicted octanol–water partition coefficient (Wildman–Crippen LogP) is -2.79. The molecule has 5 N–H and O–H groups in total. The number of aliphatic hydroxyl groups is 4. The Morgan fingerprint density at radius 3 is 2.35 bits per heavy atom. The summed E-state index contributed by atoms with van der Waals surface area (Å²) in [5.41, 5.74) is 0. The van der Waals surface area contributed by atoms with Crippen molar-refractivity contribution >= 4 is 5.91 Å². The van der Waals surface area contributed by atoms with Crippen LogP contribution >= 0.6 is 0 Å². The molecule has 2 unspecified atom stereocenters. The van der Waals surface area contributed by atoms with Crippen LogP contribution in [-0.4, -0.2) is 70.5 Å². The molecule has 0 aromatic heterocycles. The normalized spacial score (nSPS) is 39.8. The maximum Gasteiger partial charge on any atom is 0.225 e. The van der Waals surface area contributed by atoms with Gasteiger partial charge in [-0.15, -0.1) is 0 Å². The predicted molar refractivity (Wildman–Crippen MR) is 57.0 cm³/mol. The third kappa shape index (κ3) is 2.75. The minimum Gasteiger partial charge on any atom is -0.394 e. The fourth-order valence-electron chi connectivity index (χ4n) is 1.92. The van der Waals surface area contributed by atoms with Gasteiger partial charge in [-0.3, -0.25) is 4.79 Å². The number of carbonyl (C=O) groups is 1. The van der Waals surface area contributed by atoms with E-state index in [4.69, 9.17) is 9.84 Å². The van der Waals surface area contributed by atoms with Crippen LogP contribution in [0.4, 0.5) is 0 Å². The first-order chi connectivity index (χ1) is 7.93.